The summed E-state index contributed by atoms with van der Waals surface area (Å²) in [4.78, 5) is 16.3. The molecule has 3 aromatic rings. The van der Waals surface area contributed by atoms with Crippen molar-refractivity contribution in [2.45, 2.75) is 6.92 Å². The first kappa shape index (κ1) is 14.4. The highest BCUT2D eigenvalue weighted by molar-refractivity contribution is 6.03. The number of carbonyl (C=O) groups excluding carboxylic acids is 1. The van der Waals surface area contributed by atoms with Gasteiger partial charge in [-0.1, -0.05) is 12.1 Å². The van der Waals surface area contributed by atoms with Gasteiger partial charge in [0.25, 0.3) is 5.91 Å². The third-order valence-corrected chi connectivity index (χ3v) is 3.25. The van der Waals surface area contributed by atoms with Crippen molar-refractivity contribution < 1.29 is 4.79 Å². The Morgan fingerprint density at radius 1 is 1.22 bits per heavy atom. The van der Waals surface area contributed by atoms with E-state index in [1.54, 1.807) is 53.4 Å². The van der Waals surface area contributed by atoms with Crippen molar-refractivity contribution in [1.82, 2.24) is 19.7 Å². The van der Waals surface area contributed by atoms with E-state index in [2.05, 4.69) is 20.5 Å². The predicted molar refractivity (Wildman–Crippen MR) is 83.0 cm³/mol. The second-order valence-corrected chi connectivity index (χ2v) is 4.73. The number of carbonyl (C=O) groups is 1. The minimum Gasteiger partial charge on any atom is -0.319 e. The zero-order chi connectivity index (χ0) is 16.2. The molecule has 1 aromatic carbocycles. The van der Waals surface area contributed by atoms with Crippen LogP contribution >= 0.6 is 0 Å². The van der Waals surface area contributed by atoms with Crippen LogP contribution in [0.1, 0.15) is 21.9 Å². The van der Waals surface area contributed by atoms with Crippen LogP contribution in [-0.2, 0) is 0 Å². The highest BCUT2D eigenvalue weighted by Gasteiger charge is 2.11. The van der Waals surface area contributed by atoms with Crippen molar-refractivity contribution in [3.63, 3.8) is 0 Å². The van der Waals surface area contributed by atoms with Crippen LogP contribution in [0, 0.1) is 18.3 Å². The standard InChI is InChI=1S/C16H12N6O/c1-11-18-8-9-22(11)15-7-6-14(20-21-15)16(23)19-13-5-3-2-4-12(13)10-17/h2-9H,1H3,(H,19,23). The van der Waals surface area contributed by atoms with Crippen LogP contribution in [0.3, 0.4) is 0 Å². The van der Waals surface area contributed by atoms with Gasteiger partial charge < -0.3 is 5.32 Å². The van der Waals surface area contributed by atoms with Gasteiger partial charge in [-0.3, -0.25) is 9.36 Å². The minimum absolute atomic E-state index is 0.166. The Hall–Kier alpha value is -3.53. The largest absolute Gasteiger partial charge is 0.319 e. The van der Waals surface area contributed by atoms with Crippen LogP contribution in [0.5, 0.6) is 0 Å². The zero-order valence-corrected chi connectivity index (χ0v) is 12.3. The molecule has 112 valence electrons. The van der Waals surface area contributed by atoms with Gasteiger partial charge in [0.15, 0.2) is 11.5 Å². The van der Waals surface area contributed by atoms with Crippen LogP contribution in [0.2, 0.25) is 0 Å². The Kier molecular flexibility index (Phi) is 3.80. The number of amides is 1. The van der Waals surface area contributed by atoms with E-state index in [4.69, 9.17) is 5.26 Å². The molecule has 0 spiro atoms. The number of rotatable bonds is 3. The summed E-state index contributed by atoms with van der Waals surface area (Å²) in [5.41, 5.74) is 0.995. The third kappa shape index (κ3) is 2.91. The lowest BCUT2D eigenvalue weighted by Gasteiger charge is -2.07. The maximum absolute atomic E-state index is 12.2. The van der Waals surface area contributed by atoms with Gasteiger partial charge in [0.05, 0.1) is 11.3 Å². The zero-order valence-electron chi connectivity index (χ0n) is 12.3. The highest BCUT2D eigenvalue weighted by atomic mass is 16.1. The number of imidazole rings is 1. The molecule has 2 aromatic heterocycles. The summed E-state index contributed by atoms with van der Waals surface area (Å²) in [6.07, 6.45) is 3.43. The van der Waals surface area contributed by atoms with Crippen molar-refractivity contribution in [2.24, 2.45) is 0 Å². The van der Waals surface area contributed by atoms with E-state index in [0.29, 0.717) is 17.1 Å². The predicted octanol–water partition coefficient (Wildman–Crippen LogP) is 2.09. The fourth-order valence-corrected chi connectivity index (χ4v) is 2.07. The van der Waals surface area contributed by atoms with E-state index in [1.165, 1.54) is 0 Å². The molecule has 0 fully saturated rings. The topological polar surface area (TPSA) is 96.5 Å². The average molecular weight is 304 g/mol. The van der Waals surface area contributed by atoms with E-state index in [9.17, 15) is 4.79 Å². The second-order valence-electron chi connectivity index (χ2n) is 4.73. The number of aryl methyl sites for hydroxylation is 1. The molecule has 7 nitrogen and oxygen atoms in total. The fourth-order valence-electron chi connectivity index (χ4n) is 2.07. The maximum atomic E-state index is 12.2. The lowest BCUT2D eigenvalue weighted by molar-refractivity contribution is 0.102. The molecular formula is C16H12N6O. The van der Waals surface area contributed by atoms with Crippen LogP contribution < -0.4 is 5.32 Å². The monoisotopic (exact) mass is 304 g/mol. The lowest BCUT2D eigenvalue weighted by Crippen LogP contribution is -2.15. The molecule has 1 N–H and O–H groups in total. The molecular weight excluding hydrogens is 292 g/mol. The van der Waals surface area contributed by atoms with Crippen molar-refractivity contribution in [2.75, 3.05) is 5.32 Å². The Morgan fingerprint density at radius 3 is 2.70 bits per heavy atom. The molecule has 0 aliphatic heterocycles. The Labute approximate surface area is 132 Å². The highest BCUT2D eigenvalue weighted by Crippen LogP contribution is 2.14. The summed E-state index contributed by atoms with van der Waals surface area (Å²) in [6.45, 7) is 1.85. The van der Waals surface area contributed by atoms with E-state index in [0.717, 1.165) is 5.82 Å². The molecule has 0 bridgehead atoms. The summed E-state index contributed by atoms with van der Waals surface area (Å²) in [7, 11) is 0. The smallest absolute Gasteiger partial charge is 0.276 e. The lowest BCUT2D eigenvalue weighted by atomic mass is 10.2. The Balaban J connectivity index is 1.81. The number of hydrogen-bond donors (Lipinski definition) is 1. The van der Waals surface area contributed by atoms with Crippen molar-refractivity contribution in [3.8, 4) is 11.9 Å². The number of benzene rings is 1. The molecule has 3 rings (SSSR count). The molecule has 7 heteroatoms. The first-order chi connectivity index (χ1) is 11.2. The number of nitrogens with one attached hydrogen (secondary N) is 1. The molecule has 0 unspecified atom stereocenters. The molecule has 0 aliphatic rings. The summed E-state index contributed by atoms with van der Waals surface area (Å²) in [5, 5.41) is 19.7. The molecule has 0 radical (unpaired) electrons. The molecule has 0 atom stereocenters. The average Bonchev–Trinajstić information content (AvgIpc) is 3.01. The van der Waals surface area contributed by atoms with Crippen molar-refractivity contribution >= 4 is 11.6 Å². The van der Waals surface area contributed by atoms with Crippen molar-refractivity contribution in [1.29, 1.82) is 5.26 Å². The van der Waals surface area contributed by atoms with E-state index in [1.807, 2.05) is 13.0 Å². The van der Waals surface area contributed by atoms with Gasteiger partial charge in [-0.25, -0.2) is 4.98 Å². The first-order valence-corrected chi connectivity index (χ1v) is 6.83. The van der Waals surface area contributed by atoms with Gasteiger partial charge in [0.2, 0.25) is 0 Å². The Morgan fingerprint density at radius 2 is 2.04 bits per heavy atom. The minimum atomic E-state index is -0.422. The van der Waals surface area contributed by atoms with Gasteiger partial charge in [0, 0.05) is 12.4 Å². The van der Waals surface area contributed by atoms with Gasteiger partial charge in [-0.2, -0.15) is 5.26 Å². The summed E-state index contributed by atoms with van der Waals surface area (Å²) >= 11 is 0. The summed E-state index contributed by atoms with van der Waals surface area (Å²) < 4.78 is 1.76. The van der Waals surface area contributed by atoms with Crippen LogP contribution in [0.4, 0.5) is 5.69 Å². The van der Waals surface area contributed by atoms with E-state index in [-0.39, 0.29) is 5.69 Å². The van der Waals surface area contributed by atoms with Crippen molar-refractivity contribution in [3.05, 3.63) is 65.9 Å². The van der Waals surface area contributed by atoms with E-state index >= 15 is 0 Å². The quantitative estimate of drug-likeness (QED) is 0.799. The normalized spacial score (nSPS) is 10.1. The first-order valence-electron chi connectivity index (χ1n) is 6.83. The second kappa shape index (κ2) is 6.07. The summed E-state index contributed by atoms with van der Waals surface area (Å²) in [6, 6.07) is 12.1. The van der Waals surface area contributed by atoms with Crippen LogP contribution in [-0.4, -0.2) is 25.7 Å². The molecule has 0 saturated heterocycles. The van der Waals surface area contributed by atoms with Crippen LogP contribution in [0.25, 0.3) is 5.82 Å². The number of aromatic nitrogens is 4. The molecule has 0 saturated carbocycles. The van der Waals surface area contributed by atoms with Crippen LogP contribution in [0.15, 0.2) is 48.8 Å². The van der Waals surface area contributed by atoms with Gasteiger partial charge in [0.1, 0.15) is 11.9 Å². The SMILES string of the molecule is Cc1nccn1-c1ccc(C(=O)Nc2ccccc2C#N)nn1. The van der Waals surface area contributed by atoms with Gasteiger partial charge in [-0.05, 0) is 31.2 Å². The van der Waals surface area contributed by atoms with Gasteiger partial charge >= 0.3 is 0 Å². The molecule has 23 heavy (non-hydrogen) atoms. The molecule has 1 amide bonds. The number of anilines is 1. The number of para-hydroxylation sites is 1. The number of hydrogen-bond acceptors (Lipinski definition) is 5. The maximum Gasteiger partial charge on any atom is 0.276 e. The third-order valence-electron chi connectivity index (χ3n) is 3.25. The number of nitriles is 1. The summed E-state index contributed by atoms with van der Waals surface area (Å²) in [5.74, 6) is 0.933. The molecule has 0 aliphatic carbocycles. The number of nitrogens with zero attached hydrogens (tertiary/aromatic N) is 5. The fraction of sp³-hybridized carbons (Fsp3) is 0.0625. The van der Waals surface area contributed by atoms with Gasteiger partial charge in [-0.15, -0.1) is 10.2 Å². The Bertz CT molecular complexity index is 891. The molecule has 2 heterocycles. The van der Waals surface area contributed by atoms with E-state index < -0.39 is 5.91 Å².